The van der Waals surface area contributed by atoms with Crippen LogP contribution in [-0.4, -0.2) is 43.4 Å². The average Bonchev–Trinajstić information content (AvgIpc) is 2.58. The number of carbonyl (C=O) groups excluding carboxylic acids is 2. The zero-order valence-electron chi connectivity index (χ0n) is 15.7. The molecule has 0 aliphatic rings. The molecule has 2 rings (SSSR count). The summed E-state index contributed by atoms with van der Waals surface area (Å²) < 4.78 is 11.2. The average molecular weight is 355 g/mol. The molecule has 0 saturated carbocycles. The van der Waals surface area contributed by atoms with Gasteiger partial charge in [-0.3, -0.25) is 9.59 Å². The van der Waals surface area contributed by atoms with Crippen molar-refractivity contribution in [2.75, 3.05) is 26.8 Å². The Bertz CT molecular complexity index is 765. The lowest BCUT2D eigenvalue weighted by Crippen LogP contribution is -2.34. The van der Waals surface area contributed by atoms with Crippen LogP contribution in [0.4, 0.5) is 0 Å². The molecule has 1 amide bonds. The van der Waals surface area contributed by atoms with Gasteiger partial charge in [-0.1, -0.05) is 18.2 Å². The highest BCUT2D eigenvalue weighted by atomic mass is 16.5. The van der Waals surface area contributed by atoms with E-state index in [0.717, 1.165) is 16.9 Å². The number of ether oxygens (including phenoxy) is 2. The fraction of sp³-hybridized carbons (Fsp3) is 0.333. The molecule has 0 atom stereocenters. The summed E-state index contributed by atoms with van der Waals surface area (Å²) in [6.07, 6.45) is 0. The van der Waals surface area contributed by atoms with E-state index in [0.29, 0.717) is 24.5 Å². The molecule has 26 heavy (non-hydrogen) atoms. The summed E-state index contributed by atoms with van der Waals surface area (Å²) in [5.74, 6) is 0.957. The SMILES string of the molecule is CC(=O)c1ccccc1OCC(=O)N(C)CCOc1cc(C)cc(C)c1. The van der Waals surface area contributed by atoms with Gasteiger partial charge in [-0.2, -0.15) is 0 Å². The molecule has 138 valence electrons. The Balaban J connectivity index is 1.81. The van der Waals surface area contributed by atoms with Crippen molar-refractivity contribution in [1.29, 1.82) is 0 Å². The second-order valence-corrected chi connectivity index (χ2v) is 6.33. The number of hydrogen-bond acceptors (Lipinski definition) is 4. The Labute approximate surface area is 154 Å². The van der Waals surface area contributed by atoms with Crippen molar-refractivity contribution in [2.45, 2.75) is 20.8 Å². The number of ketones is 1. The topological polar surface area (TPSA) is 55.8 Å². The van der Waals surface area contributed by atoms with Crippen molar-refractivity contribution >= 4 is 11.7 Å². The van der Waals surface area contributed by atoms with Crippen molar-refractivity contribution in [3.8, 4) is 11.5 Å². The number of carbonyl (C=O) groups is 2. The van der Waals surface area contributed by atoms with Gasteiger partial charge in [0.1, 0.15) is 18.1 Å². The first-order valence-electron chi connectivity index (χ1n) is 8.54. The summed E-state index contributed by atoms with van der Waals surface area (Å²) >= 11 is 0. The van der Waals surface area contributed by atoms with Crippen molar-refractivity contribution in [3.63, 3.8) is 0 Å². The van der Waals surface area contributed by atoms with Crippen LogP contribution in [0.15, 0.2) is 42.5 Å². The van der Waals surface area contributed by atoms with Crippen LogP contribution in [-0.2, 0) is 4.79 Å². The number of hydrogen-bond donors (Lipinski definition) is 0. The monoisotopic (exact) mass is 355 g/mol. The maximum absolute atomic E-state index is 12.2. The van der Waals surface area contributed by atoms with Crippen LogP contribution in [0, 0.1) is 13.8 Å². The Morgan fingerprint density at radius 1 is 1.00 bits per heavy atom. The first-order valence-corrected chi connectivity index (χ1v) is 8.54. The largest absolute Gasteiger partial charge is 0.492 e. The highest BCUT2D eigenvalue weighted by molar-refractivity contribution is 5.96. The summed E-state index contributed by atoms with van der Waals surface area (Å²) in [5, 5.41) is 0. The molecule has 0 fully saturated rings. The fourth-order valence-corrected chi connectivity index (χ4v) is 2.57. The van der Waals surface area contributed by atoms with Crippen LogP contribution >= 0.6 is 0 Å². The molecule has 2 aromatic rings. The second kappa shape index (κ2) is 9.04. The smallest absolute Gasteiger partial charge is 0.260 e. The summed E-state index contributed by atoms with van der Waals surface area (Å²) in [6, 6.07) is 12.9. The van der Waals surface area contributed by atoms with E-state index in [9.17, 15) is 9.59 Å². The maximum atomic E-state index is 12.2. The molecule has 0 aliphatic heterocycles. The molecule has 5 heteroatoms. The van der Waals surface area contributed by atoms with Crippen LogP contribution < -0.4 is 9.47 Å². The molecule has 2 aromatic carbocycles. The zero-order chi connectivity index (χ0) is 19.1. The normalized spacial score (nSPS) is 10.3. The van der Waals surface area contributed by atoms with Gasteiger partial charge < -0.3 is 14.4 Å². The van der Waals surface area contributed by atoms with E-state index in [2.05, 4.69) is 6.07 Å². The Morgan fingerprint density at radius 3 is 2.31 bits per heavy atom. The number of rotatable bonds is 8. The Kier molecular flexibility index (Phi) is 6.78. The van der Waals surface area contributed by atoms with E-state index in [-0.39, 0.29) is 18.3 Å². The molecular formula is C21H25NO4. The number of aryl methyl sites for hydroxylation is 2. The predicted molar refractivity (Wildman–Crippen MR) is 101 cm³/mol. The lowest BCUT2D eigenvalue weighted by atomic mass is 10.1. The predicted octanol–water partition coefficient (Wildman–Crippen LogP) is 3.42. The van der Waals surface area contributed by atoms with Crippen molar-refractivity contribution in [1.82, 2.24) is 4.90 Å². The third-order valence-corrected chi connectivity index (χ3v) is 3.93. The summed E-state index contributed by atoms with van der Waals surface area (Å²) in [7, 11) is 1.70. The minimum atomic E-state index is -0.174. The molecule has 0 aromatic heterocycles. The molecule has 0 spiro atoms. The Hall–Kier alpha value is -2.82. The van der Waals surface area contributed by atoms with Crippen molar-refractivity contribution < 1.29 is 19.1 Å². The molecule has 0 radical (unpaired) electrons. The van der Waals surface area contributed by atoms with Crippen LogP contribution in [0.5, 0.6) is 11.5 Å². The first kappa shape index (κ1) is 19.5. The Morgan fingerprint density at radius 2 is 1.65 bits per heavy atom. The van der Waals surface area contributed by atoms with Gasteiger partial charge in [0.15, 0.2) is 12.4 Å². The van der Waals surface area contributed by atoms with E-state index in [1.807, 2.05) is 26.0 Å². The van der Waals surface area contributed by atoms with Crippen LogP contribution in [0.1, 0.15) is 28.4 Å². The van der Waals surface area contributed by atoms with Crippen LogP contribution in [0.2, 0.25) is 0 Å². The quantitative estimate of drug-likeness (QED) is 0.681. The summed E-state index contributed by atoms with van der Waals surface area (Å²) in [4.78, 5) is 25.3. The minimum absolute atomic E-state index is 0.0942. The number of amides is 1. The standard InChI is InChI=1S/C21H25NO4/c1-15-11-16(2)13-18(12-15)25-10-9-22(4)21(24)14-26-20-8-6-5-7-19(20)17(3)23/h5-8,11-13H,9-10,14H2,1-4H3. The zero-order valence-corrected chi connectivity index (χ0v) is 15.7. The highest BCUT2D eigenvalue weighted by Crippen LogP contribution is 2.18. The molecule has 0 N–H and O–H groups in total. The van der Waals surface area contributed by atoms with Gasteiger partial charge >= 0.3 is 0 Å². The molecule has 0 saturated heterocycles. The molecular weight excluding hydrogens is 330 g/mol. The van der Waals surface area contributed by atoms with E-state index >= 15 is 0 Å². The van der Waals surface area contributed by atoms with Crippen LogP contribution in [0.3, 0.4) is 0 Å². The van der Waals surface area contributed by atoms with Gasteiger partial charge in [0.05, 0.1) is 12.1 Å². The number of Topliss-reactive ketones (excluding diaryl/α,β-unsaturated/α-hetero) is 1. The first-order chi connectivity index (χ1) is 12.4. The van der Waals surface area contributed by atoms with Gasteiger partial charge in [0.2, 0.25) is 0 Å². The number of likely N-dealkylation sites (N-methyl/N-ethyl adjacent to an activating group) is 1. The number of nitrogens with zero attached hydrogens (tertiary/aromatic N) is 1. The molecule has 0 bridgehead atoms. The van der Waals surface area contributed by atoms with E-state index in [1.165, 1.54) is 6.92 Å². The lowest BCUT2D eigenvalue weighted by Gasteiger charge is -2.18. The van der Waals surface area contributed by atoms with Crippen molar-refractivity contribution in [3.05, 3.63) is 59.2 Å². The van der Waals surface area contributed by atoms with Gasteiger partial charge in [-0.15, -0.1) is 0 Å². The van der Waals surface area contributed by atoms with Crippen LogP contribution in [0.25, 0.3) is 0 Å². The van der Waals surface area contributed by atoms with E-state index < -0.39 is 0 Å². The van der Waals surface area contributed by atoms with E-state index in [1.54, 1.807) is 36.2 Å². The third-order valence-electron chi connectivity index (χ3n) is 3.93. The number of benzene rings is 2. The lowest BCUT2D eigenvalue weighted by molar-refractivity contribution is -0.132. The molecule has 5 nitrogen and oxygen atoms in total. The molecule has 0 aliphatic carbocycles. The summed E-state index contributed by atoms with van der Waals surface area (Å²) in [6.45, 7) is 6.24. The van der Waals surface area contributed by atoms with E-state index in [4.69, 9.17) is 9.47 Å². The van der Waals surface area contributed by atoms with Gasteiger partial charge in [-0.05, 0) is 56.2 Å². The highest BCUT2D eigenvalue weighted by Gasteiger charge is 2.13. The van der Waals surface area contributed by atoms with Gasteiger partial charge in [-0.25, -0.2) is 0 Å². The second-order valence-electron chi connectivity index (χ2n) is 6.33. The summed E-state index contributed by atoms with van der Waals surface area (Å²) in [5.41, 5.74) is 2.75. The van der Waals surface area contributed by atoms with Gasteiger partial charge in [0, 0.05) is 7.05 Å². The number of para-hydroxylation sites is 1. The minimum Gasteiger partial charge on any atom is -0.492 e. The maximum Gasteiger partial charge on any atom is 0.260 e. The molecule has 0 heterocycles. The van der Waals surface area contributed by atoms with Gasteiger partial charge in [0.25, 0.3) is 5.91 Å². The fourth-order valence-electron chi connectivity index (χ4n) is 2.57. The van der Waals surface area contributed by atoms with Crippen molar-refractivity contribution in [2.24, 2.45) is 0 Å². The molecule has 0 unspecified atom stereocenters. The third kappa shape index (κ3) is 5.62.